The molecular formula is C25H28N2O5S. The molecule has 0 spiro atoms. The number of aryl methyl sites for hydroxylation is 2. The highest BCUT2D eigenvalue weighted by Crippen LogP contribution is 2.30. The third kappa shape index (κ3) is 4.45. The van der Waals surface area contributed by atoms with Crippen molar-refractivity contribution >= 4 is 26.9 Å². The summed E-state index contributed by atoms with van der Waals surface area (Å²) in [4.78, 5) is 27.7. The predicted octanol–water partition coefficient (Wildman–Crippen LogP) is 4.07. The molecule has 33 heavy (non-hydrogen) atoms. The first-order valence-electron chi connectivity index (χ1n) is 11.0. The number of H-pyrrole nitrogens is 1. The molecule has 0 unspecified atom stereocenters. The highest BCUT2D eigenvalue weighted by Gasteiger charge is 2.34. The van der Waals surface area contributed by atoms with E-state index in [1.54, 1.807) is 6.07 Å². The van der Waals surface area contributed by atoms with E-state index in [4.69, 9.17) is 4.74 Å². The van der Waals surface area contributed by atoms with Crippen molar-refractivity contribution in [2.24, 2.45) is 0 Å². The fourth-order valence-electron chi connectivity index (χ4n) is 4.47. The SMILES string of the molecule is COC(=O)c1ccc(S(=O)(=O)N(Cc2cc3ccc(C)c(C)c3[nH]c2=O)C2CCCC2)cc1. The lowest BCUT2D eigenvalue weighted by Crippen LogP contribution is -2.39. The van der Waals surface area contributed by atoms with E-state index in [9.17, 15) is 18.0 Å². The number of sulfonamides is 1. The first-order valence-corrected chi connectivity index (χ1v) is 12.5. The topological polar surface area (TPSA) is 96.5 Å². The fraction of sp³-hybridized carbons (Fsp3) is 0.360. The number of nitrogens with zero attached hydrogens (tertiary/aromatic N) is 1. The van der Waals surface area contributed by atoms with Crippen molar-refractivity contribution in [3.8, 4) is 0 Å². The third-order valence-electron chi connectivity index (χ3n) is 6.57. The highest BCUT2D eigenvalue weighted by molar-refractivity contribution is 7.89. The summed E-state index contributed by atoms with van der Waals surface area (Å²) in [5.74, 6) is -0.528. The van der Waals surface area contributed by atoms with Gasteiger partial charge in [0.15, 0.2) is 0 Å². The van der Waals surface area contributed by atoms with Gasteiger partial charge in [0.25, 0.3) is 5.56 Å². The van der Waals surface area contributed by atoms with Crippen molar-refractivity contribution in [2.75, 3.05) is 7.11 Å². The molecule has 8 heteroatoms. The number of aromatic amines is 1. The number of hydrogen-bond donors (Lipinski definition) is 1. The van der Waals surface area contributed by atoms with Gasteiger partial charge in [-0.2, -0.15) is 4.31 Å². The number of aromatic nitrogens is 1. The van der Waals surface area contributed by atoms with Gasteiger partial charge in [0, 0.05) is 18.2 Å². The summed E-state index contributed by atoms with van der Waals surface area (Å²) in [6.45, 7) is 3.94. The average Bonchev–Trinajstić information content (AvgIpc) is 3.34. The molecule has 174 valence electrons. The minimum absolute atomic E-state index is 0.00997. The number of benzene rings is 2. The van der Waals surface area contributed by atoms with Gasteiger partial charge in [-0.25, -0.2) is 13.2 Å². The van der Waals surface area contributed by atoms with Gasteiger partial charge in [-0.3, -0.25) is 4.79 Å². The number of fused-ring (bicyclic) bond motifs is 1. The Morgan fingerprint density at radius 1 is 1.09 bits per heavy atom. The van der Waals surface area contributed by atoms with Crippen LogP contribution in [0.3, 0.4) is 0 Å². The van der Waals surface area contributed by atoms with E-state index in [1.165, 1.54) is 35.7 Å². The predicted molar refractivity (Wildman–Crippen MR) is 127 cm³/mol. The number of pyridine rings is 1. The van der Waals surface area contributed by atoms with Crippen LogP contribution in [0.4, 0.5) is 0 Å². The van der Waals surface area contributed by atoms with Crippen LogP contribution in [-0.2, 0) is 21.3 Å². The van der Waals surface area contributed by atoms with Crippen LogP contribution in [0.1, 0.15) is 52.7 Å². The first-order chi connectivity index (χ1) is 15.7. The number of nitrogens with one attached hydrogen (secondary N) is 1. The summed E-state index contributed by atoms with van der Waals surface area (Å²) >= 11 is 0. The van der Waals surface area contributed by atoms with Crippen LogP contribution in [0.5, 0.6) is 0 Å². The maximum atomic E-state index is 13.6. The molecule has 0 radical (unpaired) electrons. The standard InChI is InChI=1S/C25H28N2O5S/c1-16-8-9-19-14-20(24(28)26-23(19)17(16)2)15-27(21-6-4-5-7-21)33(30,31)22-12-10-18(11-13-22)25(29)32-3/h8-14,21H,4-7,15H2,1-3H3,(H,26,28). The minimum atomic E-state index is -3.89. The molecule has 0 saturated heterocycles. The molecule has 2 aromatic carbocycles. The summed E-state index contributed by atoms with van der Waals surface area (Å²) in [5, 5.41) is 0.874. The second-order valence-corrected chi connectivity index (χ2v) is 10.5. The van der Waals surface area contributed by atoms with Crippen molar-refractivity contribution in [1.82, 2.24) is 9.29 Å². The van der Waals surface area contributed by atoms with E-state index in [0.29, 0.717) is 5.56 Å². The van der Waals surface area contributed by atoms with Crippen LogP contribution in [0.25, 0.3) is 10.9 Å². The Labute approximate surface area is 193 Å². The number of carbonyl (C=O) groups is 1. The molecule has 1 heterocycles. The zero-order chi connectivity index (χ0) is 23.8. The van der Waals surface area contributed by atoms with Gasteiger partial charge in [-0.15, -0.1) is 0 Å². The molecule has 1 aliphatic carbocycles. The molecule has 3 aromatic rings. The van der Waals surface area contributed by atoms with E-state index in [2.05, 4.69) is 4.98 Å². The molecule has 0 bridgehead atoms. The van der Waals surface area contributed by atoms with Crippen molar-refractivity contribution in [3.63, 3.8) is 0 Å². The Bertz CT molecular complexity index is 1350. The first kappa shape index (κ1) is 23.2. The number of rotatable bonds is 6. The van der Waals surface area contributed by atoms with Gasteiger partial charge in [-0.05, 0) is 73.5 Å². The van der Waals surface area contributed by atoms with E-state index in [-0.39, 0.29) is 28.6 Å². The lowest BCUT2D eigenvalue weighted by atomic mass is 10.0. The van der Waals surface area contributed by atoms with Crippen molar-refractivity contribution in [1.29, 1.82) is 0 Å². The molecule has 1 fully saturated rings. The van der Waals surface area contributed by atoms with Gasteiger partial charge in [0.1, 0.15) is 0 Å². The summed E-state index contributed by atoms with van der Waals surface area (Å²) in [7, 11) is -2.61. The quantitative estimate of drug-likeness (QED) is 0.550. The summed E-state index contributed by atoms with van der Waals surface area (Å²) in [6, 6.07) is 11.3. The molecule has 4 rings (SSSR count). The fourth-order valence-corrected chi connectivity index (χ4v) is 6.14. The van der Waals surface area contributed by atoms with Crippen LogP contribution < -0.4 is 5.56 Å². The largest absolute Gasteiger partial charge is 0.465 e. The number of carbonyl (C=O) groups excluding carboxylic acids is 1. The molecule has 0 atom stereocenters. The van der Waals surface area contributed by atoms with Crippen molar-refractivity contribution in [3.05, 3.63) is 75.1 Å². The van der Waals surface area contributed by atoms with Crippen LogP contribution >= 0.6 is 0 Å². The van der Waals surface area contributed by atoms with E-state index in [1.807, 2.05) is 26.0 Å². The maximum absolute atomic E-state index is 13.6. The Morgan fingerprint density at radius 3 is 2.39 bits per heavy atom. The molecule has 0 amide bonds. The monoisotopic (exact) mass is 468 g/mol. The number of esters is 1. The Balaban J connectivity index is 1.74. The number of ether oxygens (including phenoxy) is 1. The van der Waals surface area contributed by atoms with Crippen LogP contribution in [0.2, 0.25) is 0 Å². The molecule has 1 saturated carbocycles. The summed E-state index contributed by atoms with van der Waals surface area (Å²) in [5.41, 5.74) is 3.26. The minimum Gasteiger partial charge on any atom is -0.465 e. The van der Waals surface area contributed by atoms with Gasteiger partial charge in [-0.1, -0.05) is 25.0 Å². The molecule has 0 aliphatic heterocycles. The Morgan fingerprint density at radius 2 is 1.76 bits per heavy atom. The Kier molecular flexibility index (Phi) is 6.41. The van der Waals surface area contributed by atoms with E-state index >= 15 is 0 Å². The van der Waals surface area contributed by atoms with Gasteiger partial charge < -0.3 is 9.72 Å². The van der Waals surface area contributed by atoms with Gasteiger partial charge in [0.2, 0.25) is 10.0 Å². The number of methoxy groups -OCH3 is 1. The molecular weight excluding hydrogens is 440 g/mol. The molecule has 1 aliphatic rings. The second-order valence-electron chi connectivity index (χ2n) is 8.60. The Hall–Kier alpha value is -2.97. The van der Waals surface area contributed by atoms with Gasteiger partial charge >= 0.3 is 5.97 Å². The van der Waals surface area contributed by atoms with Crippen molar-refractivity contribution < 1.29 is 17.9 Å². The molecule has 1 aromatic heterocycles. The molecule has 1 N–H and O–H groups in total. The van der Waals surface area contributed by atoms with Crippen LogP contribution in [0, 0.1) is 13.8 Å². The smallest absolute Gasteiger partial charge is 0.337 e. The average molecular weight is 469 g/mol. The summed E-state index contributed by atoms with van der Waals surface area (Å²) in [6.07, 6.45) is 3.40. The van der Waals surface area contributed by atoms with Crippen LogP contribution in [0.15, 0.2) is 52.2 Å². The summed E-state index contributed by atoms with van der Waals surface area (Å²) < 4.78 is 33.4. The lowest BCUT2D eigenvalue weighted by Gasteiger charge is -2.28. The normalized spacial score (nSPS) is 14.8. The van der Waals surface area contributed by atoms with E-state index < -0.39 is 16.0 Å². The number of hydrogen-bond acceptors (Lipinski definition) is 5. The second kappa shape index (κ2) is 9.11. The lowest BCUT2D eigenvalue weighted by molar-refractivity contribution is 0.0600. The van der Waals surface area contributed by atoms with Crippen molar-refractivity contribution in [2.45, 2.75) is 57.0 Å². The van der Waals surface area contributed by atoms with Crippen LogP contribution in [-0.4, -0.2) is 36.8 Å². The zero-order valence-electron chi connectivity index (χ0n) is 19.1. The van der Waals surface area contributed by atoms with Gasteiger partial charge in [0.05, 0.1) is 23.1 Å². The zero-order valence-corrected chi connectivity index (χ0v) is 19.9. The van der Waals surface area contributed by atoms with E-state index in [0.717, 1.165) is 47.7 Å². The third-order valence-corrected chi connectivity index (χ3v) is 8.48. The molecule has 7 nitrogen and oxygen atoms in total. The maximum Gasteiger partial charge on any atom is 0.337 e. The highest BCUT2D eigenvalue weighted by atomic mass is 32.2.